The van der Waals surface area contributed by atoms with E-state index in [0.29, 0.717) is 13.0 Å². The zero-order chi connectivity index (χ0) is 13.7. The Morgan fingerprint density at radius 1 is 1.50 bits per heavy atom. The molecule has 1 rings (SSSR count). The van der Waals surface area contributed by atoms with Gasteiger partial charge < -0.3 is 15.4 Å². The molecule has 1 atom stereocenters. The summed E-state index contributed by atoms with van der Waals surface area (Å²) in [6, 6.07) is 5.63. The predicted octanol–water partition coefficient (Wildman–Crippen LogP) is 2.33. The highest BCUT2D eigenvalue weighted by Crippen LogP contribution is 2.27. The van der Waals surface area contributed by atoms with Crippen LogP contribution in [-0.4, -0.2) is 31.5 Å². The molecule has 0 heterocycles. The molecule has 0 fully saturated rings. The van der Waals surface area contributed by atoms with Crippen LogP contribution in [0.5, 0.6) is 5.75 Å². The van der Waals surface area contributed by atoms with E-state index in [2.05, 4.69) is 15.9 Å². The van der Waals surface area contributed by atoms with E-state index in [0.717, 1.165) is 15.8 Å². The van der Waals surface area contributed by atoms with E-state index in [1.165, 1.54) is 0 Å². The topological polar surface area (TPSA) is 55.6 Å². The summed E-state index contributed by atoms with van der Waals surface area (Å²) in [5.74, 6) is 0.776. The number of benzene rings is 1. The maximum absolute atomic E-state index is 11.4. The number of nitrogens with two attached hydrogens (primary N) is 1. The zero-order valence-electron chi connectivity index (χ0n) is 10.9. The van der Waals surface area contributed by atoms with Crippen LogP contribution in [0.25, 0.3) is 0 Å². The summed E-state index contributed by atoms with van der Waals surface area (Å²) in [5.41, 5.74) is 6.81. The fraction of sp³-hybridized carbons (Fsp3) is 0.462. The monoisotopic (exact) mass is 314 g/mol. The number of nitrogens with zero attached hydrogens (tertiary/aromatic N) is 1. The normalized spacial score (nSPS) is 12.1. The molecular formula is C13H19BrN2O2. The molecule has 0 bridgehead atoms. The van der Waals surface area contributed by atoms with Gasteiger partial charge in [0.25, 0.3) is 0 Å². The average molecular weight is 315 g/mol. The lowest BCUT2D eigenvalue weighted by Crippen LogP contribution is -2.23. The molecule has 0 aliphatic carbocycles. The van der Waals surface area contributed by atoms with Crippen LogP contribution in [-0.2, 0) is 4.79 Å². The summed E-state index contributed by atoms with van der Waals surface area (Å²) in [7, 11) is 3.46. The molecule has 0 radical (unpaired) electrons. The highest BCUT2D eigenvalue weighted by molar-refractivity contribution is 9.10. The van der Waals surface area contributed by atoms with Crippen LogP contribution >= 0.6 is 15.9 Å². The maximum atomic E-state index is 11.4. The summed E-state index contributed by atoms with van der Waals surface area (Å²) in [6.07, 6.45) is 0.359. The van der Waals surface area contributed by atoms with E-state index < -0.39 is 0 Å². The maximum Gasteiger partial charge on any atom is 0.225 e. The number of halogens is 1. The summed E-state index contributed by atoms with van der Waals surface area (Å²) >= 11 is 3.39. The summed E-state index contributed by atoms with van der Waals surface area (Å²) < 4.78 is 6.57. The minimum absolute atomic E-state index is 0.0485. The standard InChI is InChI=1S/C13H19BrN2O2/c1-9(15)11-5-4-10(14)8-12(11)18-7-6-13(17)16(2)3/h4-5,8-9H,6-7,15H2,1-3H3/t9-/m1/s1. The Bertz CT molecular complexity index is 419. The lowest BCUT2D eigenvalue weighted by Gasteiger charge is -2.15. The molecule has 5 heteroatoms. The SMILES string of the molecule is C[C@@H](N)c1ccc(Br)cc1OCCC(=O)N(C)C. The molecule has 0 saturated carbocycles. The lowest BCUT2D eigenvalue weighted by molar-refractivity contribution is -0.129. The third-order valence-corrected chi connectivity index (χ3v) is 3.03. The summed E-state index contributed by atoms with van der Waals surface area (Å²) in [4.78, 5) is 13.0. The van der Waals surface area contributed by atoms with Gasteiger partial charge in [0.1, 0.15) is 5.75 Å². The Balaban J connectivity index is 2.66. The number of ether oxygens (including phenoxy) is 1. The summed E-state index contributed by atoms with van der Waals surface area (Å²) in [6.45, 7) is 2.26. The van der Waals surface area contributed by atoms with Gasteiger partial charge in [0.15, 0.2) is 0 Å². The first-order valence-corrected chi connectivity index (χ1v) is 6.59. The van der Waals surface area contributed by atoms with E-state index in [-0.39, 0.29) is 11.9 Å². The molecule has 2 N–H and O–H groups in total. The molecule has 4 nitrogen and oxygen atoms in total. The second-order valence-corrected chi connectivity index (χ2v) is 5.27. The van der Waals surface area contributed by atoms with Gasteiger partial charge in [0.05, 0.1) is 13.0 Å². The van der Waals surface area contributed by atoms with Gasteiger partial charge in [0.2, 0.25) is 5.91 Å². The van der Waals surface area contributed by atoms with Crippen molar-refractivity contribution in [1.29, 1.82) is 0 Å². The van der Waals surface area contributed by atoms with Crippen LogP contribution in [0.4, 0.5) is 0 Å². The predicted molar refractivity (Wildman–Crippen MR) is 75.6 cm³/mol. The van der Waals surface area contributed by atoms with Crippen LogP contribution in [0, 0.1) is 0 Å². The molecule has 0 aliphatic rings. The molecule has 0 spiro atoms. The van der Waals surface area contributed by atoms with Crippen LogP contribution < -0.4 is 10.5 Å². The molecule has 18 heavy (non-hydrogen) atoms. The van der Waals surface area contributed by atoms with E-state index in [1.54, 1.807) is 19.0 Å². The number of rotatable bonds is 5. The quantitative estimate of drug-likeness (QED) is 0.907. The van der Waals surface area contributed by atoms with Crippen molar-refractivity contribution in [2.24, 2.45) is 5.73 Å². The minimum atomic E-state index is -0.0994. The smallest absolute Gasteiger partial charge is 0.225 e. The van der Waals surface area contributed by atoms with Crippen molar-refractivity contribution >= 4 is 21.8 Å². The number of hydrogen-bond acceptors (Lipinski definition) is 3. The number of amides is 1. The van der Waals surface area contributed by atoms with Crippen molar-refractivity contribution in [2.45, 2.75) is 19.4 Å². The third kappa shape index (κ3) is 4.31. The van der Waals surface area contributed by atoms with Crippen molar-refractivity contribution in [3.8, 4) is 5.75 Å². The molecule has 0 aliphatic heterocycles. The highest BCUT2D eigenvalue weighted by atomic mass is 79.9. The van der Waals surface area contributed by atoms with Gasteiger partial charge in [-0.25, -0.2) is 0 Å². The third-order valence-electron chi connectivity index (χ3n) is 2.54. The Morgan fingerprint density at radius 2 is 2.17 bits per heavy atom. The van der Waals surface area contributed by atoms with Crippen molar-refractivity contribution in [3.05, 3.63) is 28.2 Å². The Labute approximate surface area is 116 Å². The zero-order valence-corrected chi connectivity index (χ0v) is 12.5. The second kappa shape index (κ2) is 6.75. The fourth-order valence-electron chi connectivity index (χ4n) is 1.48. The molecular weight excluding hydrogens is 296 g/mol. The molecule has 1 amide bonds. The van der Waals surface area contributed by atoms with E-state index >= 15 is 0 Å². The van der Waals surface area contributed by atoms with Crippen LogP contribution in [0.2, 0.25) is 0 Å². The van der Waals surface area contributed by atoms with Crippen LogP contribution in [0.3, 0.4) is 0 Å². The van der Waals surface area contributed by atoms with Gasteiger partial charge >= 0.3 is 0 Å². The number of carbonyl (C=O) groups excluding carboxylic acids is 1. The molecule has 0 unspecified atom stereocenters. The lowest BCUT2D eigenvalue weighted by atomic mass is 10.1. The number of carbonyl (C=O) groups is 1. The first-order valence-electron chi connectivity index (χ1n) is 5.79. The van der Waals surface area contributed by atoms with Crippen molar-refractivity contribution in [3.63, 3.8) is 0 Å². The minimum Gasteiger partial charge on any atom is -0.493 e. The van der Waals surface area contributed by atoms with Crippen molar-refractivity contribution in [2.75, 3.05) is 20.7 Å². The van der Waals surface area contributed by atoms with Crippen LogP contribution in [0.1, 0.15) is 24.9 Å². The molecule has 0 aromatic heterocycles. The first kappa shape index (κ1) is 15.0. The molecule has 0 saturated heterocycles. The molecule has 100 valence electrons. The molecule has 1 aromatic rings. The Hall–Kier alpha value is -1.07. The van der Waals surface area contributed by atoms with Gasteiger partial charge in [-0.3, -0.25) is 4.79 Å². The van der Waals surface area contributed by atoms with E-state index in [1.807, 2.05) is 25.1 Å². The van der Waals surface area contributed by atoms with E-state index in [9.17, 15) is 4.79 Å². The van der Waals surface area contributed by atoms with Gasteiger partial charge in [-0.1, -0.05) is 22.0 Å². The Morgan fingerprint density at radius 3 is 2.72 bits per heavy atom. The second-order valence-electron chi connectivity index (χ2n) is 4.36. The van der Waals surface area contributed by atoms with Crippen molar-refractivity contribution in [1.82, 2.24) is 4.90 Å². The van der Waals surface area contributed by atoms with Gasteiger partial charge in [0, 0.05) is 30.2 Å². The highest BCUT2D eigenvalue weighted by Gasteiger charge is 2.10. The van der Waals surface area contributed by atoms with Gasteiger partial charge in [-0.05, 0) is 19.1 Å². The largest absolute Gasteiger partial charge is 0.493 e. The van der Waals surface area contributed by atoms with E-state index in [4.69, 9.17) is 10.5 Å². The van der Waals surface area contributed by atoms with Gasteiger partial charge in [-0.15, -0.1) is 0 Å². The average Bonchev–Trinajstić information content (AvgIpc) is 2.28. The van der Waals surface area contributed by atoms with Crippen molar-refractivity contribution < 1.29 is 9.53 Å². The van der Waals surface area contributed by atoms with Gasteiger partial charge in [-0.2, -0.15) is 0 Å². The first-order chi connectivity index (χ1) is 8.41. The Kier molecular flexibility index (Phi) is 5.62. The summed E-state index contributed by atoms with van der Waals surface area (Å²) in [5, 5.41) is 0. The number of hydrogen-bond donors (Lipinski definition) is 1. The fourth-order valence-corrected chi connectivity index (χ4v) is 1.82. The van der Waals surface area contributed by atoms with Crippen LogP contribution in [0.15, 0.2) is 22.7 Å². The molecule has 1 aromatic carbocycles.